The van der Waals surface area contributed by atoms with Crippen LogP contribution < -0.4 is 4.74 Å². The highest BCUT2D eigenvalue weighted by Gasteiger charge is 2.42. The molecule has 0 radical (unpaired) electrons. The van der Waals surface area contributed by atoms with Gasteiger partial charge in [0, 0.05) is 24.8 Å². The normalized spacial score (nSPS) is 17.6. The van der Waals surface area contributed by atoms with Gasteiger partial charge in [-0.15, -0.1) is 0 Å². The molecule has 1 aliphatic carbocycles. The second kappa shape index (κ2) is 11.0. The van der Waals surface area contributed by atoms with Crippen molar-refractivity contribution in [3.05, 3.63) is 95.8 Å². The zero-order chi connectivity index (χ0) is 24.0. The highest BCUT2D eigenvalue weighted by Crippen LogP contribution is 2.36. The summed E-state index contributed by atoms with van der Waals surface area (Å²) in [4.78, 5) is 22.9. The Balaban J connectivity index is 1.32. The molecule has 5 heteroatoms. The Morgan fingerprint density at radius 2 is 1.66 bits per heavy atom. The number of ether oxygens (including phenoxy) is 1. The van der Waals surface area contributed by atoms with E-state index in [9.17, 15) is 4.79 Å². The van der Waals surface area contributed by atoms with Crippen LogP contribution in [0.25, 0.3) is 0 Å². The summed E-state index contributed by atoms with van der Waals surface area (Å²) in [6.45, 7) is 3.07. The highest BCUT2D eigenvalue weighted by atomic mass is 16.5. The first-order valence-electron chi connectivity index (χ1n) is 12.8. The fraction of sp³-hybridized carbons (Fsp3) is 0.400. The fourth-order valence-corrected chi connectivity index (χ4v) is 5.39. The van der Waals surface area contributed by atoms with E-state index in [1.807, 2.05) is 30.3 Å². The number of likely N-dealkylation sites (tertiary alicyclic amines) is 1. The lowest BCUT2D eigenvalue weighted by Crippen LogP contribution is -2.50. The third-order valence-corrected chi connectivity index (χ3v) is 7.45. The van der Waals surface area contributed by atoms with Gasteiger partial charge in [-0.05, 0) is 86.5 Å². The van der Waals surface area contributed by atoms with Crippen LogP contribution in [0.3, 0.4) is 0 Å². The summed E-state index contributed by atoms with van der Waals surface area (Å²) in [6.07, 6.45) is 7.03. The van der Waals surface area contributed by atoms with E-state index in [1.165, 1.54) is 11.1 Å². The second-order valence-corrected chi connectivity index (χ2v) is 9.88. The average Bonchev–Trinajstić information content (AvgIpc) is 3.75. The summed E-state index contributed by atoms with van der Waals surface area (Å²) in [5, 5.41) is 0. The van der Waals surface area contributed by atoms with Crippen molar-refractivity contribution in [2.45, 2.75) is 50.7 Å². The molecule has 0 N–H and O–H groups in total. The Kier molecular flexibility index (Phi) is 7.43. The molecule has 3 aromatic rings. The van der Waals surface area contributed by atoms with E-state index in [0.29, 0.717) is 17.7 Å². The molecule has 2 aliphatic rings. The predicted octanol–water partition coefficient (Wildman–Crippen LogP) is 5.22. The van der Waals surface area contributed by atoms with Gasteiger partial charge < -0.3 is 9.64 Å². The van der Waals surface area contributed by atoms with Crippen LogP contribution in [0, 0.1) is 5.92 Å². The quantitative estimate of drug-likeness (QED) is 0.431. The zero-order valence-corrected chi connectivity index (χ0v) is 20.6. The zero-order valence-electron chi connectivity index (χ0n) is 20.6. The molecule has 1 aromatic heterocycles. The number of piperidine rings is 1. The molecule has 2 fully saturated rings. The molecule has 182 valence electrons. The number of amides is 1. The van der Waals surface area contributed by atoms with Crippen LogP contribution in [0.5, 0.6) is 5.75 Å². The topological polar surface area (TPSA) is 45.7 Å². The Morgan fingerprint density at radius 3 is 2.29 bits per heavy atom. The lowest BCUT2D eigenvalue weighted by atomic mass is 9.84. The van der Waals surface area contributed by atoms with Gasteiger partial charge in [0.05, 0.1) is 7.11 Å². The minimum Gasteiger partial charge on any atom is -0.497 e. The molecule has 1 amide bonds. The number of hydrogen-bond donors (Lipinski definition) is 0. The predicted molar refractivity (Wildman–Crippen MR) is 138 cm³/mol. The number of benzene rings is 2. The van der Waals surface area contributed by atoms with Crippen molar-refractivity contribution >= 4 is 5.91 Å². The van der Waals surface area contributed by atoms with E-state index in [-0.39, 0.29) is 11.9 Å². The Labute approximate surface area is 208 Å². The summed E-state index contributed by atoms with van der Waals surface area (Å²) in [6, 6.07) is 25.2. The molecule has 0 spiro atoms. The Hall–Kier alpha value is -3.18. The van der Waals surface area contributed by atoms with E-state index >= 15 is 0 Å². The average molecular weight is 470 g/mol. The van der Waals surface area contributed by atoms with Crippen LogP contribution >= 0.6 is 0 Å². The maximum absolute atomic E-state index is 13.7. The van der Waals surface area contributed by atoms with Crippen molar-refractivity contribution in [3.63, 3.8) is 0 Å². The minimum atomic E-state index is 0.0923. The van der Waals surface area contributed by atoms with Crippen molar-refractivity contribution in [1.82, 2.24) is 14.8 Å². The van der Waals surface area contributed by atoms with Gasteiger partial charge in [0.15, 0.2) is 0 Å². The van der Waals surface area contributed by atoms with Crippen LogP contribution in [-0.4, -0.2) is 53.0 Å². The number of hydrogen-bond acceptors (Lipinski definition) is 4. The molecule has 5 nitrogen and oxygen atoms in total. The van der Waals surface area contributed by atoms with Crippen molar-refractivity contribution < 1.29 is 9.53 Å². The standard InChI is InChI=1S/C30H35N3O2/c1-35-27-14-10-24(11-15-27)22-32-19-16-25(17-20-32)29(21-23-7-3-2-4-8-23)33(26-12-13-26)30(34)28-9-5-6-18-31-28/h2-11,14-15,18,25-26,29H,12-13,16-17,19-22H2,1H3. The van der Waals surface area contributed by atoms with Gasteiger partial charge in [0.1, 0.15) is 11.4 Å². The SMILES string of the molecule is COc1ccc(CN2CCC(C(Cc3ccccc3)N(C(=O)c3ccccn3)C3CC3)CC2)cc1. The molecule has 1 saturated heterocycles. The molecule has 1 atom stereocenters. The molecule has 2 heterocycles. The van der Waals surface area contributed by atoms with Crippen LogP contribution in [0.2, 0.25) is 0 Å². The molecule has 2 aromatic carbocycles. The first kappa shape index (κ1) is 23.6. The summed E-state index contributed by atoms with van der Waals surface area (Å²) in [5.74, 6) is 1.47. The minimum absolute atomic E-state index is 0.0923. The number of pyridine rings is 1. The van der Waals surface area contributed by atoms with Gasteiger partial charge in [0.2, 0.25) is 0 Å². The van der Waals surface area contributed by atoms with Crippen molar-refractivity contribution in [2.75, 3.05) is 20.2 Å². The van der Waals surface area contributed by atoms with Crippen molar-refractivity contribution in [3.8, 4) is 5.75 Å². The lowest BCUT2D eigenvalue weighted by Gasteiger charge is -2.42. The van der Waals surface area contributed by atoms with Crippen LogP contribution in [0.4, 0.5) is 0 Å². The number of rotatable bonds is 9. The summed E-state index contributed by atoms with van der Waals surface area (Å²) in [5.41, 5.74) is 3.18. The first-order valence-corrected chi connectivity index (χ1v) is 12.8. The lowest BCUT2D eigenvalue weighted by molar-refractivity contribution is 0.0477. The molecule has 5 rings (SSSR count). The maximum Gasteiger partial charge on any atom is 0.272 e. The summed E-state index contributed by atoms with van der Waals surface area (Å²) < 4.78 is 5.30. The van der Waals surface area contributed by atoms with Gasteiger partial charge in [-0.25, -0.2) is 0 Å². The monoisotopic (exact) mass is 469 g/mol. The summed E-state index contributed by atoms with van der Waals surface area (Å²) >= 11 is 0. The number of nitrogens with zero attached hydrogens (tertiary/aromatic N) is 3. The van der Waals surface area contributed by atoms with Gasteiger partial charge in [0.25, 0.3) is 5.91 Å². The van der Waals surface area contributed by atoms with Crippen LogP contribution in [0.1, 0.15) is 47.3 Å². The van der Waals surface area contributed by atoms with Crippen molar-refractivity contribution in [2.24, 2.45) is 5.92 Å². The molecular formula is C30H35N3O2. The van der Waals surface area contributed by atoms with Crippen LogP contribution in [-0.2, 0) is 13.0 Å². The van der Waals surface area contributed by atoms with Gasteiger partial charge in [-0.1, -0.05) is 48.5 Å². The van der Waals surface area contributed by atoms with E-state index in [4.69, 9.17) is 4.74 Å². The Bertz CT molecular complexity index is 1080. The molecule has 35 heavy (non-hydrogen) atoms. The maximum atomic E-state index is 13.7. The molecular weight excluding hydrogens is 434 g/mol. The molecule has 1 saturated carbocycles. The van der Waals surface area contributed by atoms with E-state index in [1.54, 1.807) is 13.3 Å². The van der Waals surface area contributed by atoms with Gasteiger partial charge >= 0.3 is 0 Å². The largest absolute Gasteiger partial charge is 0.497 e. The van der Waals surface area contributed by atoms with Crippen molar-refractivity contribution in [1.29, 1.82) is 0 Å². The number of carbonyl (C=O) groups is 1. The smallest absolute Gasteiger partial charge is 0.272 e. The van der Waals surface area contributed by atoms with Gasteiger partial charge in [-0.2, -0.15) is 0 Å². The second-order valence-electron chi connectivity index (χ2n) is 9.88. The third kappa shape index (κ3) is 5.91. The number of carbonyl (C=O) groups excluding carboxylic acids is 1. The molecule has 0 bridgehead atoms. The van der Waals surface area contributed by atoms with Gasteiger partial charge in [-0.3, -0.25) is 14.7 Å². The Morgan fingerprint density at radius 1 is 0.943 bits per heavy atom. The molecule has 1 aliphatic heterocycles. The summed E-state index contributed by atoms with van der Waals surface area (Å²) in [7, 11) is 1.70. The van der Waals surface area contributed by atoms with E-state index in [0.717, 1.165) is 57.5 Å². The van der Waals surface area contributed by atoms with E-state index < -0.39 is 0 Å². The fourth-order valence-electron chi connectivity index (χ4n) is 5.39. The first-order chi connectivity index (χ1) is 17.2. The number of methoxy groups -OCH3 is 1. The molecule has 1 unspecified atom stereocenters. The number of aromatic nitrogens is 1. The van der Waals surface area contributed by atoms with E-state index in [2.05, 4.69) is 57.2 Å². The third-order valence-electron chi connectivity index (χ3n) is 7.45. The van der Waals surface area contributed by atoms with Crippen LogP contribution in [0.15, 0.2) is 79.0 Å². The highest BCUT2D eigenvalue weighted by molar-refractivity contribution is 5.93.